The molecule has 168 valence electrons. The Bertz CT molecular complexity index is 1160. The Hall–Kier alpha value is -3.38. The minimum absolute atomic E-state index is 0.00328. The summed E-state index contributed by atoms with van der Waals surface area (Å²) in [7, 11) is -3.94. The highest BCUT2D eigenvalue weighted by molar-refractivity contribution is 7.92. The number of nitrogens with one attached hydrogen (secondary N) is 2. The molecule has 0 atom stereocenters. The van der Waals surface area contributed by atoms with E-state index in [0.717, 1.165) is 18.4 Å². The zero-order valence-corrected chi connectivity index (χ0v) is 18.8. The van der Waals surface area contributed by atoms with E-state index in [2.05, 4.69) is 16.1 Å². The molecule has 1 saturated carbocycles. The number of benzene rings is 2. The molecule has 3 rings (SSSR count). The Morgan fingerprint density at radius 1 is 1.09 bits per heavy atom. The minimum atomic E-state index is -3.94. The Morgan fingerprint density at radius 2 is 1.75 bits per heavy atom. The Balaban J connectivity index is 1.69. The lowest BCUT2D eigenvalue weighted by atomic mass is 10.00. The van der Waals surface area contributed by atoms with Gasteiger partial charge in [-0.1, -0.05) is 23.8 Å². The Labute approximate surface area is 187 Å². The van der Waals surface area contributed by atoms with Crippen LogP contribution in [0.5, 0.6) is 0 Å². The molecule has 1 aliphatic rings. The van der Waals surface area contributed by atoms with Crippen molar-refractivity contribution in [1.82, 2.24) is 5.32 Å². The molecule has 0 heterocycles. The van der Waals surface area contributed by atoms with E-state index in [0.29, 0.717) is 24.1 Å². The van der Waals surface area contributed by atoms with Crippen molar-refractivity contribution in [2.75, 3.05) is 11.3 Å². The van der Waals surface area contributed by atoms with Gasteiger partial charge in [0.25, 0.3) is 15.9 Å². The summed E-state index contributed by atoms with van der Waals surface area (Å²) in [5, 5.41) is 12.0. The van der Waals surface area contributed by atoms with Crippen LogP contribution in [-0.2, 0) is 19.6 Å². The van der Waals surface area contributed by atoms with E-state index in [4.69, 9.17) is 4.74 Å². The number of esters is 1. The molecule has 0 spiro atoms. The average Bonchev–Trinajstić information content (AvgIpc) is 3.22. The van der Waals surface area contributed by atoms with E-state index in [1.54, 1.807) is 31.2 Å². The number of sulfonamides is 1. The molecule has 2 aromatic carbocycles. The van der Waals surface area contributed by atoms with Gasteiger partial charge in [-0.05, 0) is 69.4 Å². The lowest BCUT2D eigenvalue weighted by Gasteiger charge is -2.21. The summed E-state index contributed by atoms with van der Waals surface area (Å²) in [6, 6.07) is 13.2. The maximum Gasteiger partial charge on any atom is 0.338 e. The molecule has 8 nitrogen and oxygen atoms in total. The normalized spacial score (nSPS) is 14.9. The first-order chi connectivity index (χ1) is 15.1. The summed E-state index contributed by atoms with van der Waals surface area (Å²) in [4.78, 5) is 24.5. The maximum atomic E-state index is 12.9. The highest BCUT2D eigenvalue weighted by Crippen LogP contribution is 2.28. The van der Waals surface area contributed by atoms with E-state index >= 15 is 0 Å². The number of aryl methyl sites for hydroxylation is 2. The smallest absolute Gasteiger partial charge is 0.338 e. The zero-order chi connectivity index (χ0) is 23.4. The summed E-state index contributed by atoms with van der Waals surface area (Å²) in [5.41, 5.74) is 0.945. The molecular formula is C23H25N3O5S. The molecule has 0 aromatic heterocycles. The molecule has 0 aliphatic heterocycles. The Morgan fingerprint density at radius 3 is 2.38 bits per heavy atom. The quantitative estimate of drug-likeness (QED) is 0.618. The van der Waals surface area contributed by atoms with Crippen molar-refractivity contribution in [2.24, 2.45) is 0 Å². The lowest BCUT2D eigenvalue weighted by Crippen LogP contribution is -2.46. The summed E-state index contributed by atoms with van der Waals surface area (Å²) < 4.78 is 33.3. The number of carbonyl (C=O) groups is 2. The lowest BCUT2D eigenvalue weighted by molar-refractivity contribution is -0.125. The van der Waals surface area contributed by atoms with Crippen LogP contribution in [0.2, 0.25) is 0 Å². The van der Waals surface area contributed by atoms with E-state index in [1.165, 1.54) is 18.2 Å². The van der Waals surface area contributed by atoms with Gasteiger partial charge in [0, 0.05) is 5.69 Å². The number of amides is 1. The highest BCUT2D eigenvalue weighted by Gasteiger charge is 2.35. The molecule has 32 heavy (non-hydrogen) atoms. The predicted molar refractivity (Wildman–Crippen MR) is 118 cm³/mol. The number of nitriles is 1. The largest absolute Gasteiger partial charge is 0.452 e. The SMILES string of the molecule is Cc1ccc(NS(=O)(=O)c2cc(C(=O)OCC(=O)NC3(C#N)CCCC3)ccc2C)cc1. The summed E-state index contributed by atoms with van der Waals surface area (Å²) in [5.74, 6) is -1.40. The molecule has 0 bridgehead atoms. The maximum absolute atomic E-state index is 12.9. The van der Waals surface area contributed by atoms with Crippen LogP contribution < -0.4 is 10.0 Å². The highest BCUT2D eigenvalue weighted by atomic mass is 32.2. The van der Waals surface area contributed by atoms with Gasteiger partial charge in [0.05, 0.1) is 16.5 Å². The van der Waals surface area contributed by atoms with E-state index in [1.807, 2.05) is 6.92 Å². The Kier molecular flexibility index (Phi) is 6.84. The number of hydrogen-bond donors (Lipinski definition) is 2. The third kappa shape index (κ3) is 5.45. The number of hydrogen-bond acceptors (Lipinski definition) is 6. The van der Waals surface area contributed by atoms with Crippen LogP contribution in [0, 0.1) is 25.2 Å². The fourth-order valence-corrected chi connectivity index (χ4v) is 4.94. The second-order valence-electron chi connectivity index (χ2n) is 7.98. The minimum Gasteiger partial charge on any atom is -0.452 e. The molecule has 2 N–H and O–H groups in total. The van der Waals surface area contributed by atoms with E-state index < -0.39 is 34.0 Å². The first-order valence-corrected chi connectivity index (χ1v) is 11.7. The monoisotopic (exact) mass is 455 g/mol. The molecule has 0 saturated heterocycles. The summed E-state index contributed by atoms with van der Waals surface area (Å²) in [6.45, 7) is 2.96. The van der Waals surface area contributed by atoms with Crippen molar-refractivity contribution in [2.45, 2.75) is 50.0 Å². The standard InChI is InChI=1S/C23H25N3O5S/c1-16-5-9-19(10-6-16)26-32(29,30)20-13-18(8-7-17(20)2)22(28)31-14-21(27)25-23(15-24)11-3-4-12-23/h5-10,13,26H,3-4,11-12,14H2,1-2H3,(H,25,27). The van der Waals surface area contributed by atoms with Crippen LogP contribution in [0.25, 0.3) is 0 Å². The number of anilines is 1. The van der Waals surface area contributed by atoms with Crippen molar-refractivity contribution in [1.29, 1.82) is 5.26 Å². The van der Waals surface area contributed by atoms with Gasteiger partial charge in [0.15, 0.2) is 6.61 Å². The van der Waals surface area contributed by atoms with Crippen molar-refractivity contribution in [3.63, 3.8) is 0 Å². The van der Waals surface area contributed by atoms with Crippen LogP contribution in [0.1, 0.15) is 47.2 Å². The molecule has 1 aliphatic carbocycles. The van der Waals surface area contributed by atoms with Gasteiger partial charge in [-0.25, -0.2) is 13.2 Å². The third-order valence-electron chi connectivity index (χ3n) is 5.40. The van der Waals surface area contributed by atoms with Crippen molar-refractivity contribution < 1.29 is 22.7 Å². The van der Waals surface area contributed by atoms with Crippen molar-refractivity contribution >= 4 is 27.6 Å². The van der Waals surface area contributed by atoms with Gasteiger partial charge in [-0.3, -0.25) is 9.52 Å². The van der Waals surface area contributed by atoms with Crippen LogP contribution in [-0.4, -0.2) is 32.4 Å². The van der Waals surface area contributed by atoms with Gasteiger partial charge in [-0.15, -0.1) is 0 Å². The van der Waals surface area contributed by atoms with Crippen LogP contribution >= 0.6 is 0 Å². The number of carbonyl (C=O) groups excluding carboxylic acids is 2. The van der Waals surface area contributed by atoms with Crippen LogP contribution in [0.15, 0.2) is 47.4 Å². The number of nitrogens with zero attached hydrogens (tertiary/aromatic N) is 1. The average molecular weight is 456 g/mol. The third-order valence-corrected chi connectivity index (χ3v) is 6.92. The van der Waals surface area contributed by atoms with Gasteiger partial charge in [-0.2, -0.15) is 5.26 Å². The van der Waals surface area contributed by atoms with Gasteiger partial charge in [0.2, 0.25) is 0 Å². The van der Waals surface area contributed by atoms with Crippen molar-refractivity contribution in [3.05, 3.63) is 59.2 Å². The number of ether oxygens (including phenoxy) is 1. The van der Waals surface area contributed by atoms with Crippen LogP contribution in [0.4, 0.5) is 5.69 Å². The van der Waals surface area contributed by atoms with Gasteiger partial charge < -0.3 is 10.1 Å². The topological polar surface area (TPSA) is 125 Å². The van der Waals surface area contributed by atoms with E-state index in [9.17, 15) is 23.3 Å². The number of rotatable bonds is 7. The first kappa shape index (κ1) is 23.3. The molecule has 1 amide bonds. The molecule has 0 radical (unpaired) electrons. The molecule has 2 aromatic rings. The van der Waals surface area contributed by atoms with Gasteiger partial charge >= 0.3 is 5.97 Å². The molecule has 9 heteroatoms. The second kappa shape index (κ2) is 9.40. The molecule has 1 fully saturated rings. The predicted octanol–water partition coefficient (Wildman–Crippen LogP) is 3.21. The molecule has 0 unspecified atom stereocenters. The fraction of sp³-hybridized carbons (Fsp3) is 0.348. The molecular weight excluding hydrogens is 430 g/mol. The zero-order valence-electron chi connectivity index (χ0n) is 18.0. The summed E-state index contributed by atoms with van der Waals surface area (Å²) in [6.07, 6.45) is 2.84. The first-order valence-electron chi connectivity index (χ1n) is 10.2. The van der Waals surface area contributed by atoms with Gasteiger partial charge in [0.1, 0.15) is 5.54 Å². The van der Waals surface area contributed by atoms with E-state index in [-0.39, 0.29) is 10.5 Å². The fourth-order valence-electron chi connectivity index (χ4n) is 3.61. The van der Waals surface area contributed by atoms with Crippen molar-refractivity contribution in [3.8, 4) is 6.07 Å². The van der Waals surface area contributed by atoms with Crippen LogP contribution in [0.3, 0.4) is 0 Å². The second-order valence-corrected chi connectivity index (χ2v) is 9.63. The summed E-state index contributed by atoms with van der Waals surface area (Å²) >= 11 is 0.